The van der Waals surface area contributed by atoms with E-state index in [2.05, 4.69) is 26.6 Å². The third-order valence-electron chi connectivity index (χ3n) is 13.6. The highest BCUT2D eigenvalue weighted by atomic mass is 16.6. The molecule has 0 heterocycles. The fourth-order valence-electron chi connectivity index (χ4n) is 9.68. The molecule has 101 heavy (non-hydrogen) atoms. The quantitative estimate of drug-likeness (QED) is 0.0208. The number of esters is 8. The van der Waals surface area contributed by atoms with Crippen LogP contribution in [0.5, 0.6) is 0 Å². The molecule has 0 spiro atoms. The molecule has 0 aliphatic carbocycles. The van der Waals surface area contributed by atoms with E-state index in [1.165, 1.54) is 21.9 Å². The molecule has 0 aliphatic heterocycles. The molecule has 0 saturated heterocycles. The van der Waals surface area contributed by atoms with Gasteiger partial charge in [-0.15, -0.1) is 0 Å². The highest BCUT2D eigenvalue weighted by molar-refractivity contribution is 5.94. The van der Waals surface area contributed by atoms with Gasteiger partial charge in [0.1, 0.15) is 58.0 Å². The van der Waals surface area contributed by atoms with E-state index in [0.29, 0.717) is 55.9 Å². The van der Waals surface area contributed by atoms with Crippen molar-refractivity contribution in [3.63, 3.8) is 0 Å². The Bertz CT molecular complexity index is 2850. The van der Waals surface area contributed by atoms with Gasteiger partial charge in [0.05, 0.1) is 26.2 Å². The summed E-state index contributed by atoms with van der Waals surface area (Å²) in [5.41, 5.74) is -4.41. The number of amides is 5. The van der Waals surface area contributed by atoms with Gasteiger partial charge in [-0.1, -0.05) is 37.1 Å². The summed E-state index contributed by atoms with van der Waals surface area (Å²) in [6.07, 6.45) is -0.563. The molecule has 0 aromatic heterocycles. The Balaban J connectivity index is 3.36. The molecule has 0 saturated carbocycles. The van der Waals surface area contributed by atoms with Gasteiger partial charge in [0.2, 0.25) is 29.9 Å². The average Bonchev–Trinajstić information content (AvgIpc) is 0.857. The highest BCUT2D eigenvalue weighted by Crippen LogP contribution is 2.22. The van der Waals surface area contributed by atoms with Crippen LogP contribution in [0.1, 0.15) is 238 Å². The Morgan fingerprint density at radius 1 is 0.396 bits per heavy atom. The number of rotatable bonds is 42. The molecular weight excluding hydrogens is 1310 g/mol. The number of hydrogen-bond donors (Lipinski definition) is 5. The number of unbranched alkanes of at least 4 members (excludes halogenated alkanes) is 5. The zero-order valence-electron chi connectivity index (χ0n) is 63.5. The van der Waals surface area contributed by atoms with E-state index in [1.54, 1.807) is 137 Å². The van der Waals surface area contributed by atoms with E-state index in [-0.39, 0.29) is 71.1 Å². The molecule has 1 rings (SSSR count). The van der Waals surface area contributed by atoms with Gasteiger partial charge in [-0.3, -0.25) is 76.9 Å². The van der Waals surface area contributed by atoms with Crippen molar-refractivity contribution in [3.05, 3.63) is 35.4 Å². The lowest BCUT2D eigenvalue weighted by atomic mass is 10.1. The maximum atomic E-state index is 14.1. The van der Waals surface area contributed by atoms with E-state index in [1.807, 2.05) is 0 Å². The first-order valence-electron chi connectivity index (χ1n) is 34.5. The van der Waals surface area contributed by atoms with Gasteiger partial charge in [0.15, 0.2) is 0 Å². The first kappa shape index (κ1) is 90.9. The number of nitrogens with one attached hydrogen (secondary N) is 5. The number of hydrogen-bond acceptors (Lipinski definition) is 24. The van der Waals surface area contributed by atoms with Crippen LogP contribution in [-0.4, -0.2) is 203 Å². The van der Waals surface area contributed by atoms with Crippen LogP contribution in [-0.2, 0) is 107 Å². The van der Waals surface area contributed by atoms with Gasteiger partial charge in [-0.25, -0.2) is 0 Å². The van der Waals surface area contributed by atoms with Gasteiger partial charge >= 0.3 is 47.8 Å². The molecule has 1 aromatic carbocycles. The van der Waals surface area contributed by atoms with Crippen molar-refractivity contribution in [2.45, 2.75) is 292 Å². The first-order valence-corrected chi connectivity index (χ1v) is 34.5. The molecule has 0 radical (unpaired) electrons. The maximum absolute atomic E-state index is 14.1. The molecule has 1 aromatic rings. The van der Waals surface area contributed by atoms with E-state index in [4.69, 9.17) is 37.9 Å². The molecule has 29 heteroatoms. The standard InChI is InChI=1S/C72H117N7O22/c1-47(81)94-60(61(95-48(2)82)64(91)76-41-49-32-34-50(46-80)35-33-49)63(90)75-39-26-22-21-23-31-55(84)77-51(62(89)74-40-28-25-30-53(66(93)101-72(18,19)20)79(44-58(87)98-69(9,10)11)45-59(88)99-70(12,13)14)36-37-54(83)73-38-27-24-29-52(65(92)100-71(15,16)17)78(42-56(85)96-67(3,4)5)43-57(86)97-68(6,7)8/h32-35,46,51-53,60-61H,21-31,36-45H2,1-20H3,(H,73,83)(H,74,89)(H,75,90)(H,76,91)(H,77,84). The van der Waals surface area contributed by atoms with Crippen molar-refractivity contribution in [2.75, 3.05) is 45.8 Å². The Labute approximate surface area is 596 Å². The monoisotopic (exact) mass is 1430 g/mol. The molecule has 5 unspecified atom stereocenters. The molecule has 0 bridgehead atoms. The third kappa shape index (κ3) is 44.0. The smallest absolute Gasteiger partial charge is 0.323 e. The first-order chi connectivity index (χ1) is 46.4. The molecule has 0 fully saturated rings. The minimum atomic E-state index is -1.86. The van der Waals surface area contributed by atoms with Crippen LogP contribution in [0.2, 0.25) is 0 Å². The lowest BCUT2D eigenvalue weighted by molar-refractivity contribution is -0.174. The molecular formula is C72H117N7O22. The highest BCUT2D eigenvalue weighted by Gasteiger charge is 2.41. The van der Waals surface area contributed by atoms with Crippen molar-refractivity contribution < 1.29 is 105 Å². The number of nitrogens with zero attached hydrogens (tertiary/aromatic N) is 2. The molecule has 5 amide bonds. The van der Waals surface area contributed by atoms with Crippen molar-refractivity contribution in [1.29, 1.82) is 0 Å². The molecule has 0 aliphatic rings. The van der Waals surface area contributed by atoms with Crippen LogP contribution in [0.3, 0.4) is 0 Å². The van der Waals surface area contributed by atoms with Gasteiger partial charge in [0.25, 0.3) is 11.8 Å². The van der Waals surface area contributed by atoms with Gasteiger partial charge in [-0.05, 0) is 188 Å². The van der Waals surface area contributed by atoms with E-state index in [0.717, 1.165) is 13.8 Å². The topological polar surface area (TPSA) is 379 Å². The fourth-order valence-corrected chi connectivity index (χ4v) is 9.68. The van der Waals surface area contributed by atoms with Crippen LogP contribution in [0, 0.1) is 0 Å². The van der Waals surface area contributed by atoms with Crippen molar-refractivity contribution in [2.24, 2.45) is 0 Å². The van der Waals surface area contributed by atoms with Gasteiger partial charge < -0.3 is 64.5 Å². The second-order valence-electron chi connectivity index (χ2n) is 30.6. The number of carbonyl (C=O) groups is 14. The van der Waals surface area contributed by atoms with Crippen LogP contribution in [0.25, 0.3) is 0 Å². The third-order valence-corrected chi connectivity index (χ3v) is 13.6. The van der Waals surface area contributed by atoms with E-state index < -0.39 is 167 Å². The lowest BCUT2D eigenvalue weighted by Gasteiger charge is -2.33. The number of ether oxygens (including phenoxy) is 8. The minimum absolute atomic E-state index is 0.0274. The Morgan fingerprint density at radius 2 is 0.743 bits per heavy atom. The van der Waals surface area contributed by atoms with Crippen LogP contribution >= 0.6 is 0 Å². The van der Waals surface area contributed by atoms with Crippen LogP contribution in [0.15, 0.2) is 24.3 Å². The predicted octanol–water partition coefficient (Wildman–Crippen LogP) is 6.27. The average molecular weight is 1430 g/mol. The second-order valence-corrected chi connectivity index (χ2v) is 30.6. The zero-order valence-corrected chi connectivity index (χ0v) is 63.5. The summed E-state index contributed by atoms with van der Waals surface area (Å²) < 4.78 is 44.1. The van der Waals surface area contributed by atoms with Gasteiger partial charge in [0, 0.05) is 58.4 Å². The fraction of sp³-hybridized carbons (Fsp3) is 0.722. The summed E-state index contributed by atoms with van der Waals surface area (Å²) in [5.74, 6) is -9.47. The molecule has 5 atom stereocenters. The van der Waals surface area contributed by atoms with Gasteiger partial charge in [-0.2, -0.15) is 0 Å². The summed E-state index contributed by atoms with van der Waals surface area (Å²) in [4.78, 5) is 187. The Kier molecular flexibility index (Phi) is 38.7. The van der Waals surface area contributed by atoms with Crippen molar-refractivity contribution in [3.8, 4) is 0 Å². The molecule has 29 nitrogen and oxygen atoms in total. The van der Waals surface area contributed by atoms with Crippen molar-refractivity contribution >= 4 is 83.6 Å². The second kappa shape index (κ2) is 43.0. The summed E-state index contributed by atoms with van der Waals surface area (Å²) in [6, 6.07) is 2.79. The molecule has 5 N–H and O–H groups in total. The minimum Gasteiger partial charge on any atom is -0.459 e. The summed E-state index contributed by atoms with van der Waals surface area (Å²) in [5, 5.41) is 13.5. The van der Waals surface area contributed by atoms with Crippen LogP contribution in [0.4, 0.5) is 0 Å². The number of aldehydes is 1. The van der Waals surface area contributed by atoms with Crippen molar-refractivity contribution in [1.82, 2.24) is 36.4 Å². The number of benzene rings is 1. The SMILES string of the molecule is CC(=O)OC(C(=O)NCCCCCCC(=O)NC(CCC(=O)NCCCCC(C(=O)OC(C)(C)C)N(CC(=O)OC(C)(C)C)CC(=O)OC(C)(C)C)C(=O)NCCCCC(C(=O)OC(C)(C)C)N(CC(=O)OC(C)(C)C)CC(=O)OC(C)(C)C)C(OC(C)=O)C(=O)NCc1ccc(C=O)cc1. The van der Waals surface area contributed by atoms with E-state index >= 15 is 0 Å². The largest absolute Gasteiger partial charge is 0.459 e. The predicted molar refractivity (Wildman–Crippen MR) is 372 cm³/mol. The Hall–Kier alpha value is -8.08. The lowest BCUT2D eigenvalue weighted by Crippen LogP contribution is -2.53. The van der Waals surface area contributed by atoms with Crippen LogP contribution < -0.4 is 26.6 Å². The maximum Gasteiger partial charge on any atom is 0.323 e. The summed E-state index contributed by atoms with van der Waals surface area (Å²) in [6.45, 7) is 30.6. The van der Waals surface area contributed by atoms with E-state index in [9.17, 15) is 67.1 Å². The zero-order chi connectivity index (χ0) is 77.3. The Morgan fingerprint density at radius 3 is 1.11 bits per heavy atom. The summed E-state index contributed by atoms with van der Waals surface area (Å²) >= 11 is 0. The summed E-state index contributed by atoms with van der Waals surface area (Å²) in [7, 11) is 0. The normalized spacial score (nSPS) is 13.5. The molecule has 572 valence electrons. The number of carbonyl (C=O) groups excluding carboxylic acids is 14.